The van der Waals surface area contributed by atoms with Crippen LogP contribution >= 0.6 is 0 Å². The lowest BCUT2D eigenvalue weighted by atomic mass is 10.2. The van der Waals surface area contributed by atoms with Gasteiger partial charge in [-0.1, -0.05) is 12.2 Å². The van der Waals surface area contributed by atoms with Crippen LogP contribution < -0.4 is 20.5 Å². The number of benzene rings is 1. The highest BCUT2D eigenvalue weighted by atomic mass is 16.5. The minimum absolute atomic E-state index is 0.390. The minimum atomic E-state index is 0.390. The number of hydrogen-bond acceptors (Lipinski definition) is 3. The van der Waals surface area contributed by atoms with E-state index in [0.29, 0.717) is 19.0 Å². The van der Waals surface area contributed by atoms with E-state index in [-0.39, 0.29) is 0 Å². The van der Waals surface area contributed by atoms with Crippen molar-refractivity contribution in [2.45, 2.75) is 13.5 Å². The molecule has 104 valence electrons. The number of nitrogens with zero attached hydrogens (tertiary/aromatic N) is 1. The molecule has 5 nitrogen and oxygen atoms in total. The molecule has 0 unspecified atom stereocenters. The third-order valence-corrected chi connectivity index (χ3v) is 2.49. The fourth-order valence-corrected chi connectivity index (χ4v) is 1.45. The van der Waals surface area contributed by atoms with Gasteiger partial charge in [-0.05, 0) is 19.1 Å². The van der Waals surface area contributed by atoms with E-state index in [4.69, 9.17) is 15.2 Å². The van der Waals surface area contributed by atoms with E-state index in [0.717, 1.165) is 22.6 Å². The van der Waals surface area contributed by atoms with E-state index in [1.54, 1.807) is 14.2 Å². The Balaban J connectivity index is 2.71. The topological polar surface area (TPSA) is 68.9 Å². The number of ether oxygens (including phenoxy) is 2. The Bertz CT molecular complexity index is 470. The average molecular weight is 263 g/mol. The summed E-state index contributed by atoms with van der Waals surface area (Å²) in [4.78, 5) is 4.25. The summed E-state index contributed by atoms with van der Waals surface area (Å²) in [6.07, 6.45) is 0. The van der Waals surface area contributed by atoms with E-state index in [1.807, 2.05) is 25.1 Å². The molecular weight excluding hydrogens is 242 g/mol. The molecule has 0 aliphatic rings. The van der Waals surface area contributed by atoms with Crippen LogP contribution in [-0.2, 0) is 6.54 Å². The summed E-state index contributed by atoms with van der Waals surface area (Å²) in [6, 6.07) is 5.60. The summed E-state index contributed by atoms with van der Waals surface area (Å²) in [5, 5.41) is 2.98. The average Bonchev–Trinajstić information content (AvgIpc) is 2.42. The van der Waals surface area contributed by atoms with Crippen molar-refractivity contribution in [1.29, 1.82) is 0 Å². The maximum Gasteiger partial charge on any atom is 0.189 e. The summed E-state index contributed by atoms with van der Waals surface area (Å²) < 4.78 is 10.4. The van der Waals surface area contributed by atoms with Crippen LogP contribution in [0, 0.1) is 0 Å². The van der Waals surface area contributed by atoms with Crippen LogP contribution in [0.15, 0.2) is 35.3 Å². The largest absolute Gasteiger partial charge is 0.497 e. The number of aliphatic imine (C=N–C) groups is 1. The third-order valence-electron chi connectivity index (χ3n) is 2.49. The van der Waals surface area contributed by atoms with Gasteiger partial charge in [-0.25, -0.2) is 4.99 Å². The Morgan fingerprint density at radius 3 is 2.68 bits per heavy atom. The summed E-state index contributed by atoms with van der Waals surface area (Å²) in [5.41, 5.74) is 7.70. The SMILES string of the molecule is C=C(C)CNC(N)=NCc1ccc(OC)cc1OC. The van der Waals surface area contributed by atoms with Crippen molar-refractivity contribution in [3.05, 3.63) is 35.9 Å². The van der Waals surface area contributed by atoms with Crippen LogP contribution in [0.2, 0.25) is 0 Å². The minimum Gasteiger partial charge on any atom is -0.497 e. The Hall–Kier alpha value is -2.17. The zero-order valence-corrected chi connectivity index (χ0v) is 11.7. The van der Waals surface area contributed by atoms with E-state index >= 15 is 0 Å². The normalized spacial score (nSPS) is 11.0. The smallest absolute Gasteiger partial charge is 0.189 e. The van der Waals surface area contributed by atoms with Crippen LogP contribution in [0.3, 0.4) is 0 Å². The fourth-order valence-electron chi connectivity index (χ4n) is 1.45. The summed E-state index contributed by atoms with van der Waals surface area (Å²) in [5.74, 6) is 1.87. The second-order valence-electron chi connectivity index (χ2n) is 4.19. The van der Waals surface area contributed by atoms with Crippen LogP contribution in [-0.4, -0.2) is 26.7 Å². The second-order valence-corrected chi connectivity index (χ2v) is 4.19. The maximum absolute atomic E-state index is 5.75. The lowest BCUT2D eigenvalue weighted by Crippen LogP contribution is -2.32. The van der Waals surface area contributed by atoms with Gasteiger partial charge in [-0.2, -0.15) is 0 Å². The molecule has 19 heavy (non-hydrogen) atoms. The molecule has 0 saturated heterocycles. The molecule has 0 aromatic heterocycles. The number of hydrogen-bond donors (Lipinski definition) is 2. The highest BCUT2D eigenvalue weighted by molar-refractivity contribution is 5.78. The summed E-state index contributed by atoms with van der Waals surface area (Å²) in [6.45, 7) is 6.78. The Morgan fingerprint density at radius 2 is 2.11 bits per heavy atom. The number of guanidine groups is 1. The molecule has 3 N–H and O–H groups in total. The summed E-state index contributed by atoms with van der Waals surface area (Å²) >= 11 is 0. The van der Waals surface area contributed by atoms with Crippen molar-refractivity contribution >= 4 is 5.96 Å². The molecule has 1 aromatic rings. The monoisotopic (exact) mass is 263 g/mol. The third kappa shape index (κ3) is 4.91. The van der Waals surface area contributed by atoms with Gasteiger partial charge in [-0.3, -0.25) is 0 Å². The van der Waals surface area contributed by atoms with Gasteiger partial charge in [-0.15, -0.1) is 0 Å². The van der Waals surface area contributed by atoms with Crippen molar-refractivity contribution in [1.82, 2.24) is 5.32 Å². The molecule has 0 atom stereocenters. The molecule has 0 aliphatic carbocycles. The Labute approximate surface area is 114 Å². The van der Waals surface area contributed by atoms with E-state index in [1.165, 1.54) is 0 Å². The molecule has 0 heterocycles. The molecule has 0 aliphatic heterocycles. The van der Waals surface area contributed by atoms with E-state index < -0.39 is 0 Å². The fraction of sp³-hybridized carbons (Fsp3) is 0.357. The van der Waals surface area contributed by atoms with Gasteiger partial charge in [0.1, 0.15) is 11.5 Å². The first-order chi connectivity index (χ1) is 9.06. The number of methoxy groups -OCH3 is 2. The van der Waals surface area contributed by atoms with Gasteiger partial charge >= 0.3 is 0 Å². The predicted octanol–water partition coefficient (Wildman–Crippen LogP) is 1.68. The first-order valence-corrected chi connectivity index (χ1v) is 5.96. The Kier molecular flexibility index (Phi) is 5.73. The van der Waals surface area contributed by atoms with Crippen LogP contribution in [0.25, 0.3) is 0 Å². The van der Waals surface area contributed by atoms with Crippen molar-refractivity contribution in [2.75, 3.05) is 20.8 Å². The first-order valence-electron chi connectivity index (χ1n) is 5.96. The molecule has 1 aromatic carbocycles. The number of rotatable bonds is 6. The molecule has 0 spiro atoms. The van der Waals surface area contributed by atoms with Crippen molar-refractivity contribution in [2.24, 2.45) is 10.7 Å². The van der Waals surface area contributed by atoms with Crippen molar-refractivity contribution < 1.29 is 9.47 Å². The molecule has 0 bridgehead atoms. The number of nitrogens with two attached hydrogens (primary N) is 1. The van der Waals surface area contributed by atoms with Crippen LogP contribution in [0.4, 0.5) is 0 Å². The highest BCUT2D eigenvalue weighted by Gasteiger charge is 2.04. The quantitative estimate of drug-likeness (QED) is 0.465. The summed E-state index contributed by atoms with van der Waals surface area (Å²) in [7, 11) is 3.23. The molecular formula is C14H21N3O2. The molecule has 0 amide bonds. The second kappa shape index (κ2) is 7.31. The lowest BCUT2D eigenvalue weighted by molar-refractivity contribution is 0.391. The highest BCUT2D eigenvalue weighted by Crippen LogP contribution is 2.24. The van der Waals surface area contributed by atoms with Crippen LogP contribution in [0.1, 0.15) is 12.5 Å². The molecule has 0 radical (unpaired) electrons. The van der Waals surface area contributed by atoms with Gasteiger partial charge in [0.25, 0.3) is 0 Å². The lowest BCUT2D eigenvalue weighted by Gasteiger charge is -2.09. The first kappa shape index (κ1) is 14.9. The zero-order valence-electron chi connectivity index (χ0n) is 11.7. The molecule has 1 rings (SSSR count). The van der Waals surface area contributed by atoms with Gasteiger partial charge in [0, 0.05) is 18.2 Å². The van der Waals surface area contributed by atoms with Crippen LogP contribution in [0.5, 0.6) is 11.5 Å². The standard InChI is InChI=1S/C14H21N3O2/c1-10(2)8-16-14(15)17-9-11-5-6-12(18-3)7-13(11)19-4/h5-7H,1,8-9H2,2-4H3,(H3,15,16,17). The zero-order chi connectivity index (χ0) is 14.3. The van der Waals surface area contributed by atoms with Crippen molar-refractivity contribution in [3.8, 4) is 11.5 Å². The van der Waals surface area contributed by atoms with Gasteiger partial charge < -0.3 is 20.5 Å². The van der Waals surface area contributed by atoms with Crippen molar-refractivity contribution in [3.63, 3.8) is 0 Å². The maximum atomic E-state index is 5.75. The van der Waals surface area contributed by atoms with E-state index in [9.17, 15) is 0 Å². The Morgan fingerprint density at radius 1 is 1.37 bits per heavy atom. The molecule has 0 fully saturated rings. The van der Waals surface area contributed by atoms with E-state index in [2.05, 4.69) is 16.9 Å². The molecule has 5 heteroatoms. The predicted molar refractivity (Wildman–Crippen MR) is 77.7 cm³/mol. The van der Waals surface area contributed by atoms with Gasteiger partial charge in [0.2, 0.25) is 0 Å². The van der Waals surface area contributed by atoms with Gasteiger partial charge in [0.05, 0.1) is 20.8 Å². The van der Waals surface area contributed by atoms with Gasteiger partial charge in [0.15, 0.2) is 5.96 Å². The molecule has 0 saturated carbocycles. The number of nitrogens with one attached hydrogen (secondary N) is 1.